The van der Waals surface area contributed by atoms with Crippen molar-refractivity contribution in [2.75, 3.05) is 13.2 Å². The van der Waals surface area contributed by atoms with Crippen molar-refractivity contribution < 1.29 is 14.6 Å². The number of hydrogen-bond acceptors (Lipinski definition) is 4. The summed E-state index contributed by atoms with van der Waals surface area (Å²) >= 11 is 0. The summed E-state index contributed by atoms with van der Waals surface area (Å²) in [5.41, 5.74) is 12.7. The van der Waals surface area contributed by atoms with Crippen molar-refractivity contribution in [1.82, 2.24) is 0 Å². The number of nitrogens with two attached hydrogens (primary N) is 2. The summed E-state index contributed by atoms with van der Waals surface area (Å²) in [5.74, 6) is -0.497. The first-order chi connectivity index (χ1) is 10.6. The van der Waals surface area contributed by atoms with Gasteiger partial charge in [-0.1, -0.05) is 30.3 Å². The number of amides is 1. The van der Waals surface area contributed by atoms with Gasteiger partial charge in [-0.25, -0.2) is 0 Å². The van der Waals surface area contributed by atoms with Crippen LogP contribution in [0.15, 0.2) is 30.3 Å². The van der Waals surface area contributed by atoms with Crippen LogP contribution < -0.4 is 11.5 Å². The minimum absolute atomic E-state index is 0.185. The Kier molecular flexibility index (Phi) is 6.36. The van der Waals surface area contributed by atoms with E-state index in [0.717, 1.165) is 18.4 Å². The van der Waals surface area contributed by atoms with E-state index in [-0.39, 0.29) is 17.7 Å². The third-order valence-corrected chi connectivity index (χ3v) is 4.50. The van der Waals surface area contributed by atoms with Gasteiger partial charge in [-0.3, -0.25) is 4.79 Å². The lowest BCUT2D eigenvalue weighted by atomic mass is 9.80. The number of benzene rings is 1. The fraction of sp³-hybridized carbons (Fsp3) is 0.588. The summed E-state index contributed by atoms with van der Waals surface area (Å²) in [6.07, 6.45) is 1.80. The number of ether oxygens (including phenoxy) is 1. The third-order valence-electron chi connectivity index (χ3n) is 4.50. The first-order valence-corrected chi connectivity index (χ1v) is 7.92. The second-order valence-corrected chi connectivity index (χ2v) is 6.12. The lowest BCUT2D eigenvalue weighted by Crippen LogP contribution is -2.42. The van der Waals surface area contributed by atoms with E-state index in [1.54, 1.807) is 0 Å². The highest BCUT2D eigenvalue weighted by atomic mass is 16.5. The van der Waals surface area contributed by atoms with Crippen LogP contribution in [-0.2, 0) is 16.0 Å². The van der Waals surface area contributed by atoms with Gasteiger partial charge >= 0.3 is 0 Å². The van der Waals surface area contributed by atoms with E-state index in [1.807, 2.05) is 30.3 Å². The SMILES string of the molecule is NC(=O)[C@@H](C[C@H](O)[C@@H](N)Cc1ccccc1)C1CCOCC1. The van der Waals surface area contributed by atoms with Crippen LogP contribution in [0.3, 0.4) is 0 Å². The maximum Gasteiger partial charge on any atom is 0.220 e. The molecule has 1 saturated heterocycles. The monoisotopic (exact) mass is 306 g/mol. The molecule has 5 nitrogen and oxygen atoms in total. The topological polar surface area (TPSA) is 98.6 Å². The van der Waals surface area contributed by atoms with Crippen LogP contribution in [0.5, 0.6) is 0 Å². The predicted octanol–water partition coefficient (Wildman–Crippen LogP) is 0.835. The fourth-order valence-corrected chi connectivity index (χ4v) is 3.12. The molecule has 1 aromatic carbocycles. The van der Waals surface area contributed by atoms with Crippen LogP contribution in [0, 0.1) is 11.8 Å². The lowest BCUT2D eigenvalue weighted by Gasteiger charge is -2.31. The molecule has 22 heavy (non-hydrogen) atoms. The first kappa shape index (κ1) is 16.9. The Morgan fingerprint density at radius 1 is 1.27 bits per heavy atom. The molecule has 5 N–H and O–H groups in total. The van der Waals surface area contributed by atoms with Crippen molar-refractivity contribution in [2.24, 2.45) is 23.3 Å². The molecule has 0 bridgehead atoms. The number of hydrogen-bond donors (Lipinski definition) is 3. The zero-order valence-electron chi connectivity index (χ0n) is 12.9. The number of primary amides is 1. The highest BCUT2D eigenvalue weighted by Gasteiger charge is 2.31. The van der Waals surface area contributed by atoms with E-state index in [9.17, 15) is 9.90 Å². The molecule has 122 valence electrons. The smallest absolute Gasteiger partial charge is 0.220 e. The molecule has 1 fully saturated rings. The second-order valence-electron chi connectivity index (χ2n) is 6.12. The maximum atomic E-state index is 11.7. The molecule has 1 amide bonds. The van der Waals surface area contributed by atoms with Crippen molar-refractivity contribution in [2.45, 2.75) is 37.8 Å². The average molecular weight is 306 g/mol. The number of carbonyl (C=O) groups is 1. The molecule has 5 heteroatoms. The van der Waals surface area contributed by atoms with Gasteiger partial charge in [0.05, 0.1) is 6.10 Å². The van der Waals surface area contributed by atoms with Gasteiger partial charge in [0.1, 0.15) is 0 Å². The zero-order valence-corrected chi connectivity index (χ0v) is 12.9. The quantitative estimate of drug-likeness (QED) is 0.695. The molecule has 1 aliphatic heterocycles. The number of aliphatic hydroxyl groups is 1. The Bertz CT molecular complexity index is 460. The van der Waals surface area contributed by atoms with Crippen molar-refractivity contribution in [3.63, 3.8) is 0 Å². The molecule has 0 spiro atoms. The molecule has 0 aromatic heterocycles. The average Bonchev–Trinajstić information content (AvgIpc) is 2.53. The van der Waals surface area contributed by atoms with E-state index in [1.165, 1.54) is 0 Å². The van der Waals surface area contributed by atoms with Crippen molar-refractivity contribution in [1.29, 1.82) is 0 Å². The van der Waals surface area contributed by atoms with Crippen LogP contribution in [-0.4, -0.2) is 36.4 Å². The molecular weight excluding hydrogens is 280 g/mol. The lowest BCUT2D eigenvalue weighted by molar-refractivity contribution is -0.126. The minimum Gasteiger partial charge on any atom is -0.391 e. The summed E-state index contributed by atoms with van der Waals surface area (Å²) in [6.45, 7) is 1.31. The molecule has 0 saturated carbocycles. The second kappa shape index (κ2) is 8.27. The molecule has 0 radical (unpaired) electrons. The van der Waals surface area contributed by atoms with E-state index in [2.05, 4.69) is 0 Å². The Hall–Kier alpha value is -1.43. The van der Waals surface area contributed by atoms with Gasteiger partial charge in [0.25, 0.3) is 0 Å². The van der Waals surface area contributed by atoms with Gasteiger partial charge in [-0.05, 0) is 37.2 Å². The van der Waals surface area contributed by atoms with E-state index < -0.39 is 12.1 Å². The highest BCUT2D eigenvalue weighted by Crippen LogP contribution is 2.28. The third kappa shape index (κ3) is 4.80. The van der Waals surface area contributed by atoms with Gasteiger partial charge in [0.15, 0.2) is 0 Å². The standard InChI is InChI=1S/C17H26N2O3/c18-15(10-12-4-2-1-3-5-12)16(20)11-14(17(19)21)13-6-8-22-9-7-13/h1-5,13-16,20H,6-11,18H2,(H2,19,21)/t14-,15-,16-/m0/s1. The first-order valence-electron chi connectivity index (χ1n) is 7.92. The van der Waals surface area contributed by atoms with E-state index in [0.29, 0.717) is 26.1 Å². The van der Waals surface area contributed by atoms with Gasteiger partial charge < -0.3 is 21.3 Å². The van der Waals surface area contributed by atoms with Gasteiger partial charge in [0, 0.05) is 25.2 Å². The molecule has 0 aliphatic carbocycles. The molecule has 1 aliphatic rings. The van der Waals surface area contributed by atoms with Gasteiger partial charge in [-0.15, -0.1) is 0 Å². The van der Waals surface area contributed by atoms with Crippen molar-refractivity contribution in [3.05, 3.63) is 35.9 Å². The Balaban J connectivity index is 1.92. The van der Waals surface area contributed by atoms with Crippen LogP contribution >= 0.6 is 0 Å². The zero-order chi connectivity index (χ0) is 15.9. The molecule has 1 heterocycles. The number of rotatable bonds is 7. The molecule has 1 aromatic rings. The van der Waals surface area contributed by atoms with Crippen LogP contribution in [0.1, 0.15) is 24.8 Å². The summed E-state index contributed by atoms with van der Waals surface area (Å²) in [6, 6.07) is 9.40. The summed E-state index contributed by atoms with van der Waals surface area (Å²) in [4.78, 5) is 11.7. The maximum absolute atomic E-state index is 11.7. The number of aliphatic hydroxyl groups excluding tert-OH is 1. The molecule has 2 rings (SSSR count). The normalized spacial score (nSPS) is 20.3. The highest BCUT2D eigenvalue weighted by molar-refractivity contribution is 5.77. The number of carbonyl (C=O) groups excluding carboxylic acids is 1. The van der Waals surface area contributed by atoms with E-state index >= 15 is 0 Å². The van der Waals surface area contributed by atoms with Crippen LogP contribution in [0.25, 0.3) is 0 Å². The van der Waals surface area contributed by atoms with Crippen molar-refractivity contribution >= 4 is 5.91 Å². The largest absolute Gasteiger partial charge is 0.391 e. The van der Waals surface area contributed by atoms with Crippen LogP contribution in [0.4, 0.5) is 0 Å². The fourth-order valence-electron chi connectivity index (χ4n) is 3.12. The minimum atomic E-state index is -0.736. The predicted molar refractivity (Wildman–Crippen MR) is 85.0 cm³/mol. The Labute approximate surface area is 131 Å². The van der Waals surface area contributed by atoms with Crippen LogP contribution in [0.2, 0.25) is 0 Å². The van der Waals surface area contributed by atoms with Gasteiger partial charge in [-0.2, -0.15) is 0 Å². The summed E-state index contributed by atoms with van der Waals surface area (Å²) in [5, 5.41) is 10.4. The van der Waals surface area contributed by atoms with Gasteiger partial charge in [0.2, 0.25) is 5.91 Å². The molecule has 0 unspecified atom stereocenters. The van der Waals surface area contributed by atoms with Crippen molar-refractivity contribution in [3.8, 4) is 0 Å². The summed E-state index contributed by atoms with van der Waals surface area (Å²) < 4.78 is 5.32. The van der Waals surface area contributed by atoms with E-state index in [4.69, 9.17) is 16.2 Å². The Morgan fingerprint density at radius 2 is 1.91 bits per heavy atom. The Morgan fingerprint density at radius 3 is 2.50 bits per heavy atom. The molecule has 3 atom stereocenters. The molecular formula is C17H26N2O3. The summed E-state index contributed by atoms with van der Waals surface area (Å²) in [7, 11) is 0.